The molecule has 0 bridgehead atoms. The van der Waals surface area contributed by atoms with E-state index in [-0.39, 0.29) is 5.91 Å². The van der Waals surface area contributed by atoms with Crippen molar-refractivity contribution in [1.29, 1.82) is 0 Å². The van der Waals surface area contributed by atoms with E-state index in [0.717, 1.165) is 23.9 Å². The number of amides is 1. The van der Waals surface area contributed by atoms with E-state index in [4.69, 9.17) is 11.6 Å². The topological polar surface area (TPSA) is 50.2 Å². The first-order valence-electron chi connectivity index (χ1n) is 7.09. The van der Waals surface area contributed by atoms with E-state index >= 15 is 0 Å². The van der Waals surface area contributed by atoms with Gasteiger partial charge in [0.15, 0.2) is 0 Å². The van der Waals surface area contributed by atoms with Crippen LogP contribution in [0.25, 0.3) is 10.9 Å². The number of fused-ring (bicyclic) bond motifs is 1. The zero-order valence-electron chi connectivity index (χ0n) is 12.5. The van der Waals surface area contributed by atoms with E-state index in [2.05, 4.69) is 15.3 Å². The summed E-state index contributed by atoms with van der Waals surface area (Å²) in [6, 6.07) is 5.70. The predicted molar refractivity (Wildman–Crippen MR) is 85.5 cm³/mol. The van der Waals surface area contributed by atoms with Crippen molar-refractivity contribution < 1.29 is 4.79 Å². The first-order valence-corrected chi connectivity index (χ1v) is 7.47. The number of halogens is 1. The van der Waals surface area contributed by atoms with Crippen LogP contribution in [0.2, 0.25) is 5.02 Å². The summed E-state index contributed by atoms with van der Waals surface area (Å²) in [5.41, 5.74) is 0.961. The molecule has 1 amide bonds. The van der Waals surface area contributed by atoms with Gasteiger partial charge in [-0.25, -0.2) is 0 Å². The molecule has 0 aliphatic carbocycles. The molecule has 2 rings (SSSR count). The van der Waals surface area contributed by atoms with Gasteiger partial charge in [0.25, 0.3) is 0 Å². The average Bonchev–Trinajstić information content (AvgIpc) is 2.86. The average molecular weight is 309 g/mol. The molecule has 0 saturated heterocycles. The van der Waals surface area contributed by atoms with Gasteiger partial charge < -0.3 is 10.2 Å². The lowest BCUT2D eigenvalue weighted by molar-refractivity contribution is -0.121. The maximum Gasteiger partial charge on any atom is 0.221 e. The number of aryl methyl sites for hydroxylation is 1. The number of aromatic nitrogens is 2. The zero-order valence-corrected chi connectivity index (χ0v) is 13.2. The number of nitrogens with zero attached hydrogens (tertiary/aromatic N) is 3. The minimum absolute atomic E-state index is 0.0550. The van der Waals surface area contributed by atoms with Gasteiger partial charge in [-0.3, -0.25) is 9.48 Å². The van der Waals surface area contributed by atoms with Gasteiger partial charge in [-0.2, -0.15) is 5.10 Å². The van der Waals surface area contributed by atoms with Gasteiger partial charge in [0.2, 0.25) is 5.91 Å². The van der Waals surface area contributed by atoms with E-state index < -0.39 is 0 Å². The van der Waals surface area contributed by atoms with Crippen molar-refractivity contribution in [3.05, 3.63) is 29.4 Å². The summed E-state index contributed by atoms with van der Waals surface area (Å²) in [7, 11) is 4.05. The Kier molecular flexibility index (Phi) is 5.59. The lowest BCUT2D eigenvalue weighted by Gasteiger charge is -2.10. The van der Waals surface area contributed by atoms with E-state index in [1.165, 1.54) is 0 Å². The highest BCUT2D eigenvalue weighted by Gasteiger charge is 2.07. The minimum atomic E-state index is 0.0550. The van der Waals surface area contributed by atoms with E-state index in [9.17, 15) is 4.79 Å². The quantitative estimate of drug-likeness (QED) is 0.797. The maximum absolute atomic E-state index is 11.8. The van der Waals surface area contributed by atoms with Crippen molar-refractivity contribution in [2.24, 2.45) is 0 Å². The van der Waals surface area contributed by atoms with Crippen LogP contribution in [-0.2, 0) is 11.3 Å². The van der Waals surface area contributed by atoms with Crippen molar-refractivity contribution in [3.63, 3.8) is 0 Å². The van der Waals surface area contributed by atoms with E-state index in [0.29, 0.717) is 24.5 Å². The van der Waals surface area contributed by atoms with Crippen LogP contribution in [0.3, 0.4) is 0 Å². The molecule has 1 aromatic carbocycles. The second-order valence-electron chi connectivity index (χ2n) is 5.30. The molecule has 0 radical (unpaired) electrons. The smallest absolute Gasteiger partial charge is 0.221 e. The fourth-order valence-electron chi connectivity index (χ4n) is 2.17. The normalized spacial score (nSPS) is 11.2. The molecule has 114 valence electrons. The number of hydrogen-bond donors (Lipinski definition) is 1. The zero-order chi connectivity index (χ0) is 15.2. The molecule has 0 spiro atoms. The van der Waals surface area contributed by atoms with Crippen molar-refractivity contribution in [3.8, 4) is 0 Å². The summed E-state index contributed by atoms with van der Waals surface area (Å²) in [4.78, 5) is 13.9. The summed E-state index contributed by atoms with van der Waals surface area (Å²) in [5.74, 6) is 0.0550. The Morgan fingerprint density at radius 2 is 2.24 bits per heavy atom. The largest absolute Gasteiger partial charge is 0.356 e. The molecule has 1 N–H and O–H groups in total. The molecule has 0 saturated carbocycles. The molecule has 0 atom stereocenters. The standard InChI is InChI=1S/C15H21ClN4O/c1-19(2)9-4-8-17-15(21)7-10-20-14-6-3-5-13(16)12(14)11-18-20/h3,5-6,11H,4,7-10H2,1-2H3,(H,17,21). The molecular formula is C15H21ClN4O. The van der Waals surface area contributed by atoms with Crippen LogP contribution < -0.4 is 5.32 Å². The number of benzene rings is 1. The monoisotopic (exact) mass is 308 g/mol. The van der Waals surface area contributed by atoms with Crippen LogP contribution in [0.4, 0.5) is 0 Å². The summed E-state index contributed by atoms with van der Waals surface area (Å²) < 4.78 is 1.82. The molecule has 0 unspecified atom stereocenters. The van der Waals surface area contributed by atoms with Gasteiger partial charge >= 0.3 is 0 Å². The Morgan fingerprint density at radius 1 is 1.43 bits per heavy atom. The third-order valence-electron chi connectivity index (χ3n) is 3.29. The van der Waals surface area contributed by atoms with Crippen molar-refractivity contribution in [2.75, 3.05) is 27.2 Å². The van der Waals surface area contributed by atoms with Gasteiger partial charge in [0.05, 0.1) is 23.3 Å². The van der Waals surface area contributed by atoms with Crippen LogP contribution >= 0.6 is 11.6 Å². The highest BCUT2D eigenvalue weighted by molar-refractivity contribution is 6.35. The minimum Gasteiger partial charge on any atom is -0.356 e. The van der Waals surface area contributed by atoms with Gasteiger partial charge in [0.1, 0.15) is 0 Å². The Hall–Kier alpha value is -1.59. The first-order chi connectivity index (χ1) is 10.1. The van der Waals surface area contributed by atoms with Gasteiger partial charge in [0, 0.05) is 18.4 Å². The van der Waals surface area contributed by atoms with Crippen LogP contribution in [0.15, 0.2) is 24.4 Å². The molecule has 5 nitrogen and oxygen atoms in total. The Balaban J connectivity index is 1.82. The maximum atomic E-state index is 11.8. The molecule has 2 aromatic rings. The molecule has 0 aliphatic heterocycles. The Bertz CT molecular complexity index is 609. The van der Waals surface area contributed by atoms with Crippen molar-refractivity contribution in [2.45, 2.75) is 19.4 Å². The van der Waals surface area contributed by atoms with E-state index in [1.54, 1.807) is 6.20 Å². The lowest BCUT2D eigenvalue weighted by Crippen LogP contribution is -2.27. The van der Waals surface area contributed by atoms with Crippen LogP contribution in [0.1, 0.15) is 12.8 Å². The number of carbonyl (C=O) groups excluding carboxylic acids is 1. The highest BCUT2D eigenvalue weighted by atomic mass is 35.5. The second kappa shape index (κ2) is 7.43. The molecule has 21 heavy (non-hydrogen) atoms. The summed E-state index contributed by atoms with van der Waals surface area (Å²) in [5, 5.41) is 8.83. The third kappa shape index (κ3) is 4.44. The lowest BCUT2D eigenvalue weighted by atomic mass is 10.2. The van der Waals surface area contributed by atoms with Crippen molar-refractivity contribution in [1.82, 2.24) is 20.0 Å². The van der Waals surface area contributed by atoms with E-state index in [1.807, 2.05) is 37.0 Å². The van der Waals surface area contributed by atoms with Gasteiger partial charge in [-0.05, 0) is 39.2 Å². The van der Waals surface area contributed by atoms with Crippen LogP contribution in [-0.4, -0.2) is 47.8 Å². The highest BCUT2D eigenvalue weighted by Crippen LogP contribution is 2.22. The first kappa shape index (κ1) is 15.8. The number of carbonyl (C=O) groups is 1. The molecular weight excluding hydrogens is 288 g/mol. The number of nitrogens with one attached hydrogen (secondary N) is 1. The summed E-state index contributed by atoms with van der Waals surface area (Å²) in [6.07, 6.45) is 3.12. The van der Waals surface area contributed by atoms with Crippen molar-refractivity contribution >= 4 is 28.4 Å². The predicted octanol–water partition coefficient (Wildman–Crippen LogP) is 2.15. The molecule has 1 aromatic heterocycles. The van der Waals surface area contributed by atoms with Crippen LogP contribution in [0.5, 0.6) is 0 Å². The molecule has 0 aliphatic rings. The molecule has 6 heteroatoms. The summed E-state index contributed by atoms with van der Waals surface area (Å²) >= 11 is 6.11. The summed E-state index contributed by atoms with van der Waals surface area (Å²) in [6.45, 7) is 2.24. The second-order valence-corrected chi connectivity index (χ2v) is 5.70. The fourth-order valence-corrected chi connectivity index (χ4v) is 2.38. The van der Waals surface area contributed by atoms with Gasteiger partial charge in [-0.1, -0.05) is 17.7 Å². The Morgan fingerprint density at radius 3 is 3.00 bits per heavy atom. The fraction of sp³-hybridized carbons (Fsp3) is 0.467. The van der Waals surface area contributed by atoms with Gasteiger partial charge in [-0.15, -0.1) is 0 Å². The Labute approximate surface area is 129 Å². The van der Waals surface area contributed by atoms with Crippen LogP contribution in [0, 0.1) is 0 Å². The number of rotatable bonds is 7. The SMILES string of the molecule is CN(C)CCCNC(=O)CCn1ncc2c(Cl)cccc21. The number of hydrogen-bond acceptors (Lipinski definition) is 3. The third-order valence-corrected chi connectivity index (χ3v) is 3.62. The molecule has 0 fully saturated rings. The molecule has 1 heterocycles.